The maximum absolute atomic E-state index is 4.50. The van der Waals surface area contributed by atoms with Gasteiger partial charge in [-0.05, 0) is 0 Å². The monoisotopic (exact) mass is 283 g/mol. The van der Waals surface area contributed by atoms with E-state index in [1.54, 1.807) is 0 Å². The second kappa shape index (κ2) is 4.30. The second-order valence-corrected chi connectivity index (χ2v) is 4.72. The van der Waals surface area contributed by atoms with Gasteiger partial charge >= 0.3 is 108 Å². The van der Waals surface area contributed by atoms with Crippen molar-refractivity contribution in [3.05, 3.63) is 53.7 Å². The van der Waals surface area contributed by atoms with Crippen molar-refractivity contribution >= 4 is 20.0 Å². The van der Waals surface area contributed by atoms with E-state index < -0.39 is 0 Å². The summed E-state index contributed by atoms with van der Waals surface area (Å²) in [5, 5.41) is 0. The molecular weight excluding hydrogens is 273 g/mol. The summed E-state index contributed by atoms with van der Waals surface area (Å²) in [7, 11) is 0. The Bertz CT molecular complexity index is 662. The van der Waals surface area contributed by atoms with E-state index in [9.17, 15) is 0 Å². The standard InChI is InChI=1S/C15H9NSe/c17-14-9-3-6-11-5-1-2-7-12(11)15-13(14)8-4-10-16-15/h1-2,4-5,7-8,10H,6H2. The SMILES string of the molecule is [Se]=C1C#CCc2ccccc2-c2ncccc21. The molecule has 0 atom stereocenters. The predicted molar refractivity (Wildman–Crippen MR) is 71.0 cm³/mol. The Balaban J connectivity index is 2.35. The summed E-state index contributed by atoms with van der Waals surface area (Å²) in [5.41, 5.74) is 4.54. The van der Waals surface area contributed by atoms with Crippen LogP contribution in [0, 0.1) is 11.8 Å². The molecule has 3 rings (SSSR count). The van der Waals surface area contributed by atoms with Crippen LogP contribution in [0.2, 0.25) is 0 Å². The zero-order chi connectivity index (χ0) is 11.7. The van der Waals surface area contributed by atoms with Crippen LogP contribution in [0.5, 0.6) is 0 Å². The molecule has 0 spiro atoms. The van der Waals surface area contributed by atoms with E-state index in [-0.39, 0.29) is 0 Å². The van der Waals surface area contributed by atoms with Crippen molar-refractivity contribution in [3.63, 3.8) is 0 Å². The summed E-state index contributed by atoms with van der Waals surface area (Å²) in [6.45, 7) is 0. The Hall–Kier alpha value is -1.68. The van der Waals surface area contributed by atoms with E-state index in [0.29, 0.717) is 0 Å². The van der Waals surface area contributed by atoms with E-state index >= 15 is 0 Å². The predicted octanol–water partition coefficient (Wildman–Crippen LogP) is 2.00. The summed E-state index contributed by atoms with van der Waals surface area (Å²) in [5.74, 6) is 6.34. The Kier molecular flexibility index (Phi) is 2.65. The molecule has 0 amide bonds. The minimum atomic E-state index is 0.775. The van der Waals surface area contributed by atoms with Gasteiger partial charge in [0.15, 0.2) is 0 Å². The molecule has 1 heterocycles. The van der Waals surface area contributed by atoms with Crippen molar-refractivity contribution < 1.29 is 0 Å². The molecule has 0 bridgehead atoms. The number of fused-ring (bicyclic) bond motifs is 3. The third-order valence-electron chi connectivity index (χ3n) is 2.81. The first-order chi connectivity index (χ1) is 8.36. The molecular formula is C15H9NSe. The van der Waals surface area contributed by atoms with Crippen LogP contribution in [0.15, 0.2) is 42.6 Å². The summed E-state index contributed by atoms with van der Waals surface area (Å²) >= 11 is 3.04. The van der Waals surface area contributed by atoms with Crippen LogP contribution in [0.4, 0.5) is 0 Å². The van der Waals surface area contributed by atoms with E-state index in [4.69, 9.17) is 0 Å². The van der Waals surface area contributed by atoms with E-state index in [2.05, 4.69) is 50.6 Å². The van der Waals surface area contributed by atoms with Gasteiger partial charge in [-0.25, -0.2) is 0 Å². The van der Waals surface area contributed by atoms with Crippen LogP contribution in [-0.4, -0.2) is 25.0 Å². The summed E-state index contributed by atoms with van der Waals surface area (Å²) in [6.07, 6.45) is 2.61. The third-order valence-corrected chi connectivity index (χ3v) is 3.48. The fourth-order valence-corrected chi connectivity index (χ4v) is 2.49. The molecule has 0 N–H and O–H groups in total. The molecule has 2 heteroatoms. The molecule has 1 aliphatic carbocycles. The zero-order valence-electron chi connectivity index (χ0n) is 9.10. The Morgan fingerprint density at radius 1 is 1.06 bits per heavy atom. The summed E-state index contributed by atoms with van der Waals surface area (Å²) in [4.78, 5) is 4.50. The number of nitrogens with zero attached hydrogens (tertiary/aromatic N) is 1. The van der Waals surface area contributed by atoms with Crippen molar-refractivity contribution in [2.75, 3.05) is 0 Å². The van der Waals surface area contributed by atoms with Gasteiger partial charge in [-0.15, -0.1) is 0 Å². The Morgan fingerprint density at radius 2 is 1.88 bits per heavy atom. The molecule has 1 aromatic carbocycles. The number of hydrogen-bond acceptors (Lipinski definition) is 1. The van der Waals surface area contributed by atoms with Crippen LogP contribution < -0.4 is 0 Å². The zero-order valence-corrected chi connectivity index (χ0v) is 10.8. The molecule has 0 aliphatic heterocycles. The van der Waals surface area contributed by atoms with Crippen molar-refractivity contribution in [1.82, 2.24) is 4.98 Å². The van der Waals surface area contributed by atoms with Gasteiger partial charge in [0.2, 0.25) is 0 Å². The molecule has 0 saturated heterocycles. The Morgan fingerprint density at radius 3 is 2.82 bits per heavy atom. The van der Waals surface area contributed by atoms with Crippen LogP contribution in [0.1, 0.15) is 11.1 Å². The molecule has 1 aliphatic rings. The average molecular weight is 282 g/mol. The van der Waals surface area contributed by atoms with Crippen molar-refractivity contribution in [2.45, 2.75) is 6.42 Å². The summed E-state index contributed by atoms with van der Waals surface area (Å²) in [6, 6.07) is 12.3. The maximum atomic E-state index is 4.50. The molecule has 0 saturated carbocycles. The first kappa shape index (κ1) is 10.5. The van der Waals surface area contributed by atoms with Gasteiger partial charge in [0.05, 0.1) is 0 Å². The first-order valence-electron chi connectivity index (χ1n) is 5.43. The number of pyridine rings is 1. The van der Waals surface area contributed by atoms with Crippen molar-refractivity contribution in [1.29, 1.82) is 0 Å². The van der Waals surface area contributed by atoms with Gasteiger partial charge in [0.1, 0.15) is 0 Å². The molecule has 0 radical (unpaired) electrons. The fraction of sp³-hybridized carbons (Fsp3) is 0.0667. The molecule has 0 unspecified atom stereocenters. The van der Waals surface area contributed by atoms with Gasteiger partial charge in [-0.1, -0.05) is 0 Å². The van der Waals surface area contributed by atoms with Gasteiger partial charge in [-0.3, -0.25) is 0 Å². The van der Waals surface area contributed by atoms with Crippen molar-refractivity contribution in [2.24, 2.45) is 0 Å². The van der Waals surface area contributed by atoms with E-state index in [0.717, 1.165) is 22.1 Å². The van der Waals surface area contributed by atoms with Crippen LogP contribution in [0.25, 0.3) is 11.3 Å². The number of hydrogen-bond donors (Lipinski definition) is 0. The molecule has 1 aromatic heterocycles. The van der Waals surface area contributed by atoms with Crippen LogP contribution in [0.3, 0.4) is 0 Å². The van der Waals surface area contributed by atoms with Gasteiger partial charge in [-0.2, -0.15) is 0 Å². The van der Waals surface area contributed by atoms with Crippen molar-refractivity contribution in [3.8, 4) is 23.1 Å². The van der Waals surface area contributed by atoms with Gasteiger partial charge in [0.25, 0.3) is 0 Å². The minimum absolute atomic E-state index is 0.775. The normalized spacial score (nSPS) is 12.6. The molecule has 17 heavy (non-hydrogen) atoms. The van der Waals surface area contributed by atoms with E-state index in [1.165, 1.54) is 11.1 Å². The van der Waals surface area contributed by atoms with Crippen LogP contribution >= 0.6 is 0 Å². The number of benzene rings is 1. The van der Waals surface area contributed by atoms with Gasteiger partial charge < -0.3 is 0 Å². The summed E-state index contributed by atoms with van der Waals surface area (Å²) < 4.78 is 0.975. The topological polar surface area (TPSA) is 12.9 Å². The fourth-order valence-electron chi connectivity index (χ4n) is 2.00. The van der Waals surface area contributed by atoms with E-state index in [1.807, 2.05) is 24.4 Å². The molecule has 1 nitrogen and oxygen atoms in total. The quantitative estimate of drug-likeness (QED) is 0.532. The Labute approximate surface area is 108 Å². The average Bonchev–Trinajstić information content (AvgIpc) is 2.37. The molecule has 80 valence electrons. The van der Waals surface area contributed by atoms with Crippen LogP contribution in [-0.2, 0) is 6.42 Å². The molecule has 0 fully saturated rings. The van der Waals surface area contributed by atoms with Gasteiger partial charge in [0, 0.05) is 0 Å². The first-order valence-corrected chi connectivity index (χ1v) is 6.28. The number of rotatable bonds is 0. The molecule has 2 aromatic rings. The third kappa shape index (κ3) is 1.85. The number of aromatic nitrogens is 1. The second-order valence-electron chi connectivity index (χ2n) is 3.86.